The Hall–Kier alpha value is -0.380. The maximum absolute atomic E-state index is 11.1. The summed E-state index contributed by atoms with van der Waals surface area (Å²) in [5.41, 5.74) is -0.0969. The highest BCUT2D eigenvalue weighted by Crippen LogP contribution is 2.66. The van der Waals surface area contributed by atoms with E-state index in [-0.39, 0.29) is 22.9 Å². The van der Waals surface area contributed by atoms with Crippen LogP contribution in [-0.2, 0) is 9.47 Å². The lowest BCUT2D eigenvalue weighted by molar-refractivity contribution is -0.221. The standard InChI is InChI=1S/C21H36O3/c1-8-10-14(22)17-20(6)12-9-11-18(2,3)15(20)13-16-21(17,7)24-19(4,5)23-16/h8,14-17,22H,1,9-13H2,2-7H3/t14-,15-,16+,17+,20-,21+/m0/s1. The van der Waals surface area contributed by atoms with E-state index in [2.05, 4.69) is 34.3 Å². The van der Waals surface area contributed by atoms with Gasteiger partial charge in [0.2, 0.25) is 0 Å². The molecule has 0 aromatic heterocycles. The lowest BCUT2D eigenvalue weighted by atomic mass is 9.44. The van der Waals surface area contributed by atoms with Crippen molar-refractivity contribution in [2.75, 3.05) is 0 Å². The fraction of sp³-hybridized carbons (Fsp3) is 0.905. The van der Waals surface area contributed by atoms with E-state index < -0.39 is 17.5 Å². The Kier molecular flexibility index (Phi) is 4.26. The van der Waals surface area contributed by atoms with Crippen LogP contribution in [0, 0.1) is 22.7 Å². The van der Waals surface area contributed by atoms with Crippen molar-refractivity contribution in [3.63, 3.8) is 0 Å². The molecule has 3 aliphatic rings. The molecule has 138 valence electrons. The Bertz CT molecular complexity index is 511. The number of hydrogen-bond donors (Lipinski definition) is 1. The monoisotopic (exact) mass is 336 g/mol. The molecule has 0 radical (unpaired) electrons. The average Bonchev–Trinajstić information content (AvgIpc) is 2.64. The van der Waals surface area contributed by atoms with Crippen molar-refractivity contribution in [1.82, 2.24) is 0 Å². The summed E-state index contributed by atoms with van der Waals surface area (Å²) in [7, 11) is 0. The minimum absolute atomic E-state index is 0.0485. The van der Waals surface area contributed by atoms with Gasteiger partial charge in [0.15, 0.2) is 5.79 Å². The molecule has 1 saturated heterocycles. The quantitative estimate of drug-likeness (QED) is 0.760. The molecule has 0 aromatic rings. The van der Waals surface area contributed by atoms with Crippen LogP contribution in [0.5, 0.6) is 0 Å². The van der Waals surface area contributed by atoms with E-state index in [9.17, 15) is 5.11 Å². The van der Waals surface area contributed by atoms with E-state index in [1.807, 2.05) is 19.9 Å². The van der Waals surface area contributed by atoms with Gasteiger partial charge in [0.05, 0.1) is 12.2 Å². The van der Waals surface area contributed by atoms with Gasteiger partial charge in [0.1, 0.15) is 5.60 Å². The summed E-state index contributed by atoms with van der Waals surface area (Å²) in [5, 5.41) is 11.1. The first-order chi connectivity index (χ1) is 11.0. The predicted octanol–water partition coefficient (Wildman–Crippen LogP) is 4.69. The third-order valence-corrected chi connectivity index (χ3v) is 7.38. The molecule has 1 heterocycles. The number of aliphatic hydroxyl groups is 1. The van der Waals surface area contributed by atoms with Crippen LogP contribution in [0.25, 0.3) is 0 Å². The van der Waals surface area contributed by atoms with E-state index in [4.69, 9.17) is 9.47 Å². The molecule has 3 nitrogen and oxygen atoms in total. The average molecular weight is 337 g/mol. The van der Waals surface area contributed by atoms with Crippen molar-refractivity contribution in [2.24, 2.45) is 22.7 Å². The molecule has 3 heteroatoms. The molecule has 0 amide bonds. The normalized spacial score (nSPS) is 47.5. The fourth-order valence-electron chi connectivity index (χ4n) is 6.75. The third-order valence-electron chi connectivity index (χ3n) is 7.38. The van der Waals surface area contributed by atoms with Gasteiger partial charge in [0, 0.05) is 5.92 Å². The van der Waals surface area contributed by atoms with E-state index in [1.165, 1.54) is 12.8 Å². The van der Waals surface area contributed by atoms with Gasteiger partial charge >= 0.3 is 0 Å². The van der Waals surface area contributed by atoms with Crippen LogP contribution in [-0.4, -0.2) is 28.7 Å². The minimum Gasteiger partial charge on any atom is -0.392 e. The molecule has 1 aliphatic heterocycles. The zero-order valence-corrected chi connectivity index (χ0v) is 16.4. The fourth-order valence-corrected chi connectivity index (χ4v) is 6.75. The second-order valence-corrected chi connectivity index (χ2v) is 10.00. The van der Waals surface area contributed by atoms with E-state index >= 15 is 0 Å². The van der Waals surface area contributed by atoms with Crippen LogP contribution in [0.2, 0.25) is 0 Å². The zero-order valence-electron chi connectivity index (χ0n) is 16.4. The Labute approximate surface area is 147 Å². The molecule has 2 saturated carbocycles. The first kappa shape index (κ1) is 18.4. The summed E-state index contributed by atoms with van der Waals surface area (Å²) in [6.45, 7) is 17.2. The molecule has 3 fully saturated rings. The number of ether oxygens (including phenoxy) is 2. The zero-order chi connectivity index (χ0) is 18.0. The Morgan fingerprint density at radius 1 is 1.17 bits per heavy atom. The van der Waals surface area contributed by atoms with Crippen LogP contribution in [0.15, 0.2) is 12.7 Å². The van der Waals surface area contributed by atoms with Crippen molar-refractivity contribution in [2.45, 2.75) is 97.2 Å². The van der Waals surface area contributed by atoms with E-state index in [1.54, 1.807) is 0 Å². The molecule has 1 N–H and O–H groups in total. The number of rotatable bonds is 3. The molecule has 0 spiro atoms. The topological polar surface area (TPSA) is 38.7 Å². The van der Waals surface area contributed by atoms with Crippen LogP contribution in [0.4, 0.5) is 0 Å². The number of hydrogen-bond acceptors (Lipinski definition) is 3. The van der Waals surface area contributed by atoms with Gasteiger partial charge in [-0.05, 0) is 63.2 Å². The van der Waals surface area contributed by atoms with Gasteiger partial charge in [-0.15, -0.1) is 6.58 Å². The Morgan fingerprint density at radius 3 is 2.46 bits per heavy atom. The summed E-state index contributed by atoms with van der Waals surface area (Å²) in [4.78, 5) is 0. The van der Waals surface area contributed by atoms with Crippen molar-refractivity contribution in [3.8, 4) is 0 Å². The third kappa shape index (κ3) is 2.59. The second-order valence-electron chi connectivity index (χ2n) is 10.00. The van der Waals surface area contributed by atoms with Crippen LogP contribution < -0.4 is 0 Å². The molecular formula is C21H36O3. The van der Waals surface area contributed by atoms with Crippen molar-refractivity contribution in [3.05, 3.63) is 12.7 Å². The second kappa shape index (κ2) is 5.56. The predicted molar refractivity (Wildman–Crippen MR) is 96.6 cm³/mol. The van der Waals surface area contributed by atoms with Gasteiger partial charge in [-0.3, -0.25) is 0 Å². The minimum atomic E-state index is -0.584. The van der Waals surface area contributed by atoms with Crippen molar-refractivity contribution < 1.29 is 14.6 Å². The molecule has 0 bridgehead atoms. The van der Waals surface area contributed by atoms with Crippen LogP contribution in [0.1, 0.15) is 73.6 Å². The van der Waals surface area contributed by atoms with Gasteiger partial charge in [-0.1, -0.05) is 33.3 Å². The smallest absolute Gasteiger partial charge is 0.164 e. The van der Waals surface area contributed by atoms with Gasteiger partial charge in [0.25, 0.3) is 0 Å². The molecule has 6 atom stereocenters. The number of aliphatic hydroxyl groups excluding tert-OH is 1. The SMILES string of the molecule is C=CC[C@H](O)[C@@H]1[C@@]2(C)CCCC(C)(C)[C@@H]2C[C@H]2OC(C)(C)O[C@@]12C. The summed E-state index contributed by atoms with van der Waals surface area (Å²) in [6.07, 6.45) is 6.73. The van der Waals surface area contributed by atoms with Crippen LogP contribution in [0.3, 0.4) is 0 Å². The Morgan fingerprint density at radius 2 is 1.83 bits per heavy atom. The molecular weight excluding hydrogens is 300 g/mol. The highest BCUT2D eigenvalue weighted by Gasteiger charge is 2.68. The van der Waals surface area contributed by atoms with E-state index in [0.29, 0.717) is 12.3 Å². The maximum Gasteiger partial charge on any atom is 0.164 e. The van der Waals surface area contributed by atoms with Crippen molar-refractivity contribution >= 4 is 0 Å². The molecule has 24 heavy (non-hydrogen) atoms. The number of fused-ring (bicyclic) bond motifs is 2. The largest absolute Gasteiger partial charge is 0.392 e. The summed E-state index contributed by atoms with van der Waals surface area (Å²) in [5.74, 6) is 0.0198. The lowest BCUT2D eigenvalue weighted by Gasteiger charge is -2.63. The van der Waals surface area contributed by atoms with Gasteiger partial charge in [-0.25, -0.2) is 0 Å². The van der Waals surface area contributed by atoms with Crippen molar-refractivity contribution in [1.29, 1.82) is 0 Å². The van der Waals surface area contributed by atoms with Gasteiger partial charge < -0.3 is 14.6 Å². The first-order valence-corrected chi connectivity index (χ1v) is 9.63. The Balaban J connectivity index is 2.09. The highest BCUT2D eigenvalue weighted by atomic mass is 16.8. The first-order valence-electron chi connectivity index (χ1n) is 9.63. The summed E-state index contributed by atoms with van der Waals surface area (Å²) >= 11 is 0. The lowest BCUT2D eigenvalue weighted by Crippen LogP contribution is -2.65. The maximum atomic E-state index is 11.1. The summed E-state index contributed by atoms with van der Waals surface area (Å²) in [6, 6.07) is 0. The van der Waals surface area contributed by atoms with E-state index in [0.717, 1.165) is 12.8 Å². The summed E-state index contributed by atoms with van der Waals surface area (Å²) < 4.78 is 12.8. The van der Waals surface area contributed by atoms with Gasteiger partial charge in [-0.2, -0.15) is 0 Å². The molecule has 3 rings (SSSR count). The highest BCUT2D eigenvalue weighted by molar-refractivity contribution is 5.15. The molecule has 0 unspecified atom stereocenters. The molecule has 2 aliphatic carbocycles. The van der Waals surface area contributed by atoms with Crippen LogP contribution >= 0.6 is 0 Å². The molecule has 0 aromatic carbocycles.